The van der Waals surface area contributed by atoms with Crippen molar-refractivity contribution in [2.75, 3.05) is 30.4 Å². The van der Waals surface area contributed by atoms with Crippen molar-refractivity contribution in [3.8, 4) is 5.75 Å². The minimum Gasteiger partial charge on any atom is -0.484 e. The maximum absolute atomic E-state index is 12.0. The molecule has 6 nitrogen and oxygen atoms in total. The molecule has 2 heterocycles. The van der Waals surface area contributed by atoms with Gasteiger partial charge in [-0.2, -0.15) is 0 Å². The maximum atomic E-state index is 12.0. The summed E-state index contributed by atoms with van der Waals surface area (Å²) in [6.07, 6.45) is 6.16. The fourth-order valence-electron chi connectivity index (χ4n) is 2.51. The van der Waals surface area contributed by atoms with Crippen LogP contribution in [0.3, 0.4) is 0 Å². The van der Waals surface area contributed by atoms with Crippen LogP contribution in [0.5, 0.6) is 5.75 Å². The first-order valence-corrected chi connectivity index (χ1v) is 8.74. The van der Waals surface area contributed by atoms with Crippen LogP contribution in [0.15, 0.2) is 73.2 Å². The van der Waals surface area contributed by atoms with Gasteiger partial charge in [-0.1, -0.05) is 18.2 Å². The van der Waals surface area contributed by atoms with Gasteiger partial charge in [-0.05, 0) is 48.4 Å². The summed E-state index contributed by atoms with van der Waals surface area (Å²) in [5, 5.41) is 2.78. The molecule has 0 fully saturated rings. The molecule has 0 aliphatic carbocycles. The molecule has 138 valence electrons. The SMILES string of the molecule is CN(CCc1ccncc1)c1ccc(NC(=O)COc2ccccc2)cn1. The highest BCUT2D eigenvalue weighted by molar-refractivity contribution is 5.91. The second-order valence-electron chi connectivity index (χ2n) is 6.08. The Bertz CT molecular complexity index is 839. The van der Waals surface area contributed by atoms with E-state index >= 15 is 0 Å². The average Bonchev–Trinajstić information content (AvgIpc) is 2.72. The lowest BCUT2D eigenvalue weighted by Crippen LogP contribution is -2.22. The number of carbonyl (C=O) groups excluding carboxylic acids is 1. The third-order valence-corrected chi connectivity index (χ3v) is 4.02. The fraction of sp³-hybridized carbons (Fsp3) is 0.190. The third kappa shape index (κ3) is 5.81. The van der Waals surface area contributed by atoms with Crippen LogP contribution in [0, 0.1) is 0 Å². The number of amides is 1. The highest BCUT2D eigenvalue weighted by Crippen LogP contribution is 2.14. The van der Waals surface area contributed by atoms with Crippen molar-refractivity contribution in [3.05, 3.63) is 78.8 Å². The summed E-state index contributed by atoms with van der Waals surface area (Å²) in [6, 6.07) is 17.0. The Morgan fingerprint density at radius 1 is 1.07 bits per heavy atom. The number of ether oxygens (including phenoxy) is 1. The smallest absolute Gasteiger partial charge is 0.262 e. The molecular formula is C21H22N4O2. The summed E-state index contributed by atoms with van der Waals surface area (Å²) < 4.78 is 5.43. The van der Waals surface area contributed by atoms with Gasteiger partial charge in [0.15, 0.2) is 6.61 Å². The summed E-state index contributed by atoms with van der Waals surface area (Å²) in [6.45, 7) is 0.797. The first kappa shape index (κ1) is 18.4. The highest BCUT2D eigenvalue weighted by atomic mass is 16.5. The van der Waals surface area contributed by atoms with Gasteiger partial charge in [0.1, 0.15) is 11.6 Å². The first-order chi connectivity index (χ1) is 13.2. The van der Waals surface area contributed by atoms with Crippen LogP contribution >= 0.6 is 0 Å². The Morgan fingerprint density at radius 2 is 1.85 bits per heavy atom. The highest BCUT2D eigenvalue weighted by Gasteiger charge is 2.06. The number of benzene rings is 1. The van der Waals surface area contributed by atoms with E-state index in [4.69, 9.17) is 4.74 Å². The summed E-state index contributed by atoms with van der Waals surface area (Å²) in [7, 11) is 2.00. The number of nitrogens with zero attached hydrogens (tertiary/aromatic N) is 3. The Kier molecular flexibility index (Phi) is 6.35. The number of hydrogen-bond acceptors (Lipinski definition) is 5. The molecule has 1 amide bonds. The van der Waals surface area contributed by atoms with Crippen LogP contribution in [0.1, 0.15) is 5.56 Å². The van der Waals surface area contributed by atoms with Crippen molar-refractivity contribution in [1.29, 1.82) is 0 Å². The Labute approximate surface area is 158 Å². The average molecular weight is 362 g/mol. The second-order valence-corrected chi connectivity index (χ2v) is 6.08. The minimum atomic E-state index is -0.223. The van der Waals surface area contributed by atoms with Gasteiger partial charge in [-0.3, -0.25) is 9.78 Å². The fourth-order valence-corrected chi connectivity index (χ4v) is 2.51. The zero-order chi connectivity index (χ0) is 18.9. The van der Waals surface area contributed by atoms with Crippen LogP contribution in [0.25, 0.3) is 0 Å². The lowest BCUT2D eigenvalue weighted by atomic mass is 10.2. The predicted octanol–water partition coefficient (Wildman–Crippen LogP) is 3.17. The number of anilines is 2. The lowest BCUT2D eigenvalue weighted by molar-refractivity contribution is -0.118. The molecular weight excluding hydrogens is 340 g/mol. The van der Waals surface area contributed by atoms with Crippen molar-refractivity contribution >= 4 is 17.4 Å². The number of carbonyl (C=O) groups is 1. The van der Waals surface area contributed by atoms with Gasteiger partial charge in [0.25, 0.3) is 5.91 Å². The molecule has 0 unspecified atom stereocenters. The van der Waals surface area contributed by atoms with Crippen molar-refractivity contribution in [2.45, 2.75) is 6.42 Å². The van der Waals surface area contributed by atoms with Gasteiger partial charge in [0.2, 0.25) is 0 Å². The Morgan fingerprint density at radius 3 is 2.56 bits per heavy atom. The molecule has 0 atom stereocenters. The van der Waals surface area contributed by atoms with E-state index < -0.39 is 0 Å². The molecule has 3 aromatic rings. The van der Waals surface area contributed by atoms with E-state index in [0.29, 0.717) is 11.4 Å². The van der Waals surface area contributed by atoms with Gasteiger partial charge >= 0.3 is 0 Å². The van der Waals surface area contributed by atoms with Crippen molar-refractivity contribution in [1.82, 2.24) is 9.97 Å². The van der Waals surface area contributed by atoms with Gasteiger partial charge in [0.05, 0.1) is 11.9 Å². The van der Waals surface area contributed by atoms with Gasteiger partial charge in [-0.25, -0.2) is 4.98 Å². The van der Waals surface area contributed by atoms with E-state index in [1.54, 1.807) is 18.6 Å². The largest absolute Gasteiger partial charge is 0.484 e. The minimum absolute atomic E-state index is 0.0440. The number of rotatable bonds is 8. The Hall–Kier alpha value is -3.41. The van der Waals surface area contributed by atoms with Crippen LogP contribution < -0.4 is 15.0 Å². The monoisotopic (exact) mass is 362 g/mol. The molecule has 2 aromatic heterocycles. The van der Waals surface area contributed by atoms with E-state index in [0.717, 1.165) is 18.8 Å². The molecule has 0 saturated heterocycles. The molecule has 0 radical (unpaired) electrons. The van der Waals surface area contributed by atoms with E-state index in [9.17, 15) is 4.79 Å². The Balaban J connectivity index is 1.47. The maximum Gasteiger partial charge on any atom is 0.262 e. The van der Waals surface area contributed by atoms with E-state index in [1.165, 1.54) is 5.56 Å². The number of likely N-dealkylation sites (N-methyl/N-ethyl adjacent to an activating group) is 1. The second kappa shape index (κ2) is 9.33. The van der Waals surface area contributed by atoms with Crippen molar-refractivity contribution in [3.63, 3.8) is 0 Å². The van der Waals surface area contributed by atoms with E-state index in [-0.39, 0.29) is 12.5 Å². The standard InChI is InChI=1S/C21H22N4O2/c1-25(14-11-17-9-12-22-13-10-17)20-8-7-18(15-23-20)24-21(26)16-27-19-5-3-2-4-6-19/h2-10,12-13,15H,11,14,16H2,1H3,(H,24,26). The zero-order valence-corrected chi connectivity index (χ0v) is 15.2. The number of aromatic nitrogens is 2. The normalized spacial score (nSPS) is 10.3. The molecule has 27 heavy (non-hydrogen) atoms. The van der Waals surface area contributed by atoms with Crippen molar-refractivity contribution in [2.24, 2.45) is 0 Å². The van der Waals surface area contributed by atoms with Gasteiger partial charge < -0.3 is 15.0 Å². The van der Waals surface area contributed by atoms with Crippen molar-refractivity contribution < 1.29 is 9.53 Å². The van der Waals surface area contributed by atoms with Crippen LogP contribution in [-0.4, -0.2) is 36.1 Å². The predicted molar refractivity (Wildman–Crippen MR) is 106 cm³/mol. The zero-order valence-electron chi connectivity index (χ0n) is 15.2. The molecule has 3 rings (SSSR count). The molecule has 6 heteroatoms. The summed E-state index contributed by atoms with van der Waals surface area (Å²) >= 11 is 0. The molecule has 1 N–H and O–H groups in total. The molecule has 1 aromatic carbocycles. The van der Waals surface area contributed by atoms with Gasteiger partial charge in [-0.15, -0.1) is 0 Å². The van der Waals surface area contributed by atoms with Crippen LogP contribution in [0.2, 0.25) is 0 Å². The molecule has 0 spiro atoms. The van der Waals surface area contributed by atoms with Crippen LogP contribution in [-0.2, 0) is 11.2 Å². The van der Waals surface area contributed by atoms with Crippen LogP contribution in [0.4, 0.5) is 11.5 Å². The lowest BCUT2D eigenvalue weighted by Gasteiger charge is -2.18. The molecule has 0 bridgehead atoms. The molecule has 0 saturated carbocycles. The topological polar surface area (TPSA) is 67.4 Å². The summed E-state index contributed by atoms with van der Waals surface area (Å²) in [5.74, 6) is 1.29. The first-order valence-electron chi connectivity index (χ1n) is 8.74. The van der Waals surface area contributed by atoms with E-state index in [2.05, 4.69) is 20.2 Å². The van der Waals surface area contributed by atoms with Gasteiger partial charge in [0, 0.05) is 26.0 Å². The number of nitrogens with one attached hydrogen (secondary N) is 1. The summed E-state index contributed by atoms with van der Waals surface area (Å²) in [5.41, 5.74) is 1.88. The number of pyridine rings is 2. The quantitative estimate of drug-likeness (QED) is 0.667. The number of hydrogen-bond donors (Lipinski definition) is 1. The van der Waals surface area contributed by atoms with E-state index in [1.807, 2.05) is 61.6 Å². The summed E-state index contributed by atoms with van der Waals surface area (Å²) in [4.78, 5) is 22.5. The molecule has 0 aliphatic rings. The number of para-hydroxylation sites is 1. The molecule has 0 aliphatic heterocycles. The third-order valence-electron chi connectivity index (χ3n) is 4.02.